The minimum atomic E-state index is -1.11. The lowest BCUT2D eigenvalue weighted by atomic mass is 9.89. The molecule has 0 spiro atoms. The fourth-order valence-electron chi connectivity index (χ4n) is 2.16. The average molecular weight is 257 g/mol. The molecular formula is C15H15NO3. The van der Waals surface area contributed by atoms with Crippen molar-refractivity contribution in [2.75, 3.05) is 13.2 Å². The molecule has 1 aromatic carbocycles. The number of ether oxygens (including phenoxy) is 2. The fraction of sp³-hybridized carbons (Fsp3) is 0.267. The van der Waals surface area contributed by atoms with E-state index in [0.717, 1.165) is 16.9 Å². The Morgan fingerprint density at radius 3 is 2.63 bits per heavy atom. The molecule has 19 heavy (non-hydrogen) atoms. The summed E-state index contributed by atoms with van der Waals surface area (Å²) in [4.78, 5) is 4.05. The maximum atomic E-state index is 10.7. The normalized spacial score (nSPS) is 16.7. The van der Waals surface area contributed by atoms with Crippen LogP contribution in [-0.4, -0.2) is 23.3 Å². The van der Waals surface area contributed by atoms with Gasteiger partial charge in [-0.05, 0) is 30.7 Å². The summed E-state index contributed by atoms with van der Waals surface area (Å²) in [5.74, 6) is 1.39. The summed E-state index contributed by atoms with van der Waals surface area (Å²) in [7, 11) is 0. The smallest absolute Gasteiger partial charge is 0.161 e. The molecule has 2 heterocycles. The molecule has 0 amide bonds. The van der Waals surface area contributed by atoms with Gasteiger partial charge in [0.1, 0.15) is 18.8 Å². The molecule has 1 aliphatic heterocycles. The highest BCUT2D eigenvalue weighted by Gasteiger charge is 2.27. The van der Waals surface area contributed by atoms with E-state index in [0.29, 0.717) is 19.0 Å². The molecule has 2 aromatic rings. The van der Waals surface area contributed by atoms with Gasteiger partial charge in [-0.25, -0.2) is 0 Å². The highest BCUT2D eigenvalue weighted by Crippen LogP contribution is 2.36. The van der Waals surface area contributed by atoms with E-state index in [1.54, 1.807) is 19.3 Å². The molecule has 1 unspecified atom stereocenters. The largest absolute Gasteiger partial charge is 0.486 e. The Balaban J connectivity index is 2.02. The number of benzene rings is 1. The summed E-state index contributed by atoms with van der Waals surface area (Å²) >= 11 is 0. The lowest BCUT2D eigenvalue weighted by Gasteiger charge is -2.26. The van der Waals surface area contributed by atoms with Crippen molar-refractivity contribution in [1.82, 2.24) is 4.98 Å². The fourth-order valence-corrected chi connectivity index (χ4v) is 2.16. The van der Waals surface area contributed by atoms with Gasteiger partial charge < -0.3 is 14.6 Å². The van der Waals surface area contributed by atoms with Crippen LogP contribution in [0.5, 0.6) is 11.5 Å². The standard InChI is InChI=1S/C15H15NO3/c1-15(17,12-3-2-6-16-10-12)11-4-5-13-14(9-11)19-8-7-18-13/h2-6,9-10,17H,7-8H2,1H3. The van der Waals surface area contributed by atoms with Gasteiger partial charge in [-0.3, -0.25) is 4.98 Å². The molecule has 1 aliphatic rings. The molecule has 1 aromatic heterocycles. The van der Waals surface area contributed by atoms with Crippen LogP contribution in [0.2, 0.25) is 0 Å². The predicted octanol–water partition coefficient (Wildman–Crippen LogP) is 2.11. The Bertz CT molecular complexity index is 581. The molecule has 0 fully saturated rings. The van der Waals surface area contributed by atoms with Gasteiger partial charge in [0.25, 0.3) is 0 Å². The molecule has 0 aliphatic carbocycles. The maximum Gasteiger partial charge on any atom is 0.161 e. The summed E-state index contributed by atoms with van der Waals surface area (Å²) in [6.07, 6.45) is 3.35. The van der Waals surface area contributed by atoms with Gasteiger partial charge in [-0.15, -0.1) is 0 Å². The zero-order chi connectivity index (χ0) is 13.3. The monoisotopic (exact) mass is 257 g/mol. The lowest BCUT2D eigenvalue weighted by molar-refractivity contribution is 0.100. The minimum absolute atomic E-state index is 0.533. The number of nitrogens with zero attached hydrogens (tertiary/aromatic N) is 1. The summed E-state index contributed by atoms with van der Waals surface area (Å²) in [5.41, 5.74) is 0.390. The van der Waals surface area contributed by atoms with Gasteiger partial charge in [0.05, 0.1) is 0 Å². The van der Waals surface area contributed by atoms with Gasteiger partial charge >= 0.3 is 0 Å². The lowest BCUT2D eigenvalue weighted by Crippen LogP contribution is -2.24. The highest BCUT2D eigenvalue weighted by atomic mass is 16.6. The molecule has 4 heteroatoms. The van der Waals surface area contributed by atoms with Crippen LogP contribution in [0.25, 0.3) is 0 Å². The topological polar surface area (TPSA) is 51.6 Å². The van der Waals surface area contributed by atoms with Crippen LogP contribution < -0.4 is 9.47 Å². The van der Waals surface area contributed by atoms with Crippen LogP contribution in [0.3, 0.4) is 0 Å². The van der Waals surface area contributed by atoms with Crippen molar-refractivity contribution >= 4 is 0 Å². The van der Waals surface area contributed by atoms with Crippen molar-refractivity contribution in [2.45, 2.75) is 12.5 Å². The molecule has 0 saturated heterocycles. The van der Waals surface area contributed by atoms with E-state index < -0.39 is 5.60 Å². The zero-order valence-electron chi connectivity index (χ0n) is 10.7. The van der Waals surface area contributed by atoms with Crippen LogP contribution in [-0.2, 0) is 5.60 Å². The molecule has 1 N–H and O–H groups in total. The van der Waals surface area contributed by atoms with E-state index in [4.69, 9.17) is 9.47 Å². The molecule has 3 rings (SSSR count). The number of aliphatic hydroxyl groups is 1. The van der Waals surface area contributed by atoms with Crippen LogP contribution in [0, 0.1) is 0 Å². The van der Waals surface area contributed by atoms with Crippen LogP contribution in [0.4, 0.5) is 0 Å². The quantitative estimate of drug-likeness (QED) is 0.895. The zero-order valence-corrected chi connectivity index (χ0v) is 10.7. The van der Waals surface area contributed by atoms with Crippen molar-refractivity contribution < 1.29 is 14.6 Å². The number of pyridine rings is 1. The molecule has 0 saturated carbocycles. The summed E-state index contributed by atoms with van der Waals surface area (Å²) in [5, 5.41) is 10.7. The van der Waals surface area contributed by atoms with Crippen molar-refractivity contribution in [2.24, 2.45) is 0 Å². The summed E-state index contributed by atoms with van der Waals surface area (Å²) < 4.78 is 11.0. The predicted molar refractivity (Wildman–Crippen MR) is 70.3 cm³/mol. The SMILES string of the molecule is CC(O)(c1cccnc1)c1ccc2c(c1)OCCO2. The number of hydrogen-bond acceptors (Lipinski definition) is 4. The number of fused-ring (bicyclic) bond motifs is 1. The van der Waals surface area contributed by atoms with E-state index in [2.05, 4.69) is 4.98 Å². The van der Waals surface area contributed by atoms with E-state index in [-0.39, 0.29) is 0 Å². The molecule has 0 radical (unpaired) electrons. The third kappa shape index (κ3) is 2.15. The maximum absolute atomic E-state index is 10.7. The van der Waals surface area contributed by atoms with Gasteiger partial charge in [0.2, 0.25) is 0 Å². The first-order valence-corrected chi connectivity index (χ1v) is 6.21. The second-order valence-electron chi connectivity index (χ2n) is 4.67. The Morgan fingerprint density at radius 2 is 1.89 bits per heavy atom. The third-order valence-corrected chi connectivity index (χ3v) is 3.33. The van der Waals surface area contributed by atoms with Gasteiger partial charge in [-0.1, -0.05) is 12.1 Å². The summed E-state index contributed by atoms with van der Waals surface area (Å²) in [6, 6.07) is 9.16. The number of hydrogen-bond donors (Lipinski definition) is 1. The first kappa shape index (κ1) is 12.0. The Hall–Kier alpha value is -2.07. The third-order valence-electron chi connectivity index (χ3n) is 3.33. The average Bonchev–Trinajstić information content (AvgIpc) is 2.47. The van der Waals surface area contributed by atoms with Gasteiger partial charge in [0.15, 0.2) is 11.5 Å². The Kier molecular flexibility index (Phi) is 2.87. The Labute approximate surface area is 111 Å². The Morgan fingerprint density at radius 1 is 1.11 bits per heavy atom. The van der Waals surface area contributed by atoms with E-state index in [9.17, 15) is 5.11 Å². The van der Waals surface area contributed by atoms with Gasteiger partial charge in [0, 0.05) is 18.0 Å². The van der Waals surface area contributed by atoms with E-state index >= 15 is 0 Å². The van der Waals surface area contributed by atoms with Crippen LogP contribution in [0.15, 0.2) is 42.7 Å². The van der Waals surface area contributed by atoms with Crippen molar-refractivity contribution in [3.63, 3.8) is 0 Å². The molecule has 98 valence electrons. The molecule has 0 bridgehead atoms. The number of aromatic nitrogens is 1. The molecular weight excluding hydrogens is 242 g/mol. The second-order valence-corrected chi connectivity index (χ2v) is 4.67. The first-order valence-electron chi connectivity index (χ1n) is 6.21. The van der Waals surface area contributed by atoms with Gasteiger partial charge in [-0.2, -0.15) is 0 Å². The van der Waals surface area contributed by atoms with Crippen molar-refractivity contribution in [3.8, 4) is 11.5 Å². The summed E-state index contributed by atoms with van der Waals surface area (Å²) in [6.45, 7) is 2.84. The van der Waals surface area contributed by atoms with Crippen molar-refractivity contribution in [3.05, 3.63) is 53.9 Å². The van der Waals surface area contributed by atoms with Crippen LogP contribution in [0.1, 0.15) is 18.1 Å². The minimum Gasteiger partial charge on any atom is -0.486 e. The molecule has 1 atom stereocenters. The van der Waals surface area contributed by atoms with Crippen molar-refractivity contribution in [1.29, 1.82) is 0 Å². The highest BCUT2D eigenvalue weighted by molar-refractivity contribution is 5.47. The first-order chi connectivity index (χ1) is 9.18. The number of rotatable bonds is 2. The second kappa shape index (κ2) is 4.55. The van der Waals surface area contributed by atoms with E-state index in [1.165, 1.54) is 0 Å². The van der Waals surface area contributed by atoms with E-state index in [1.807, 2.05) is 30.3 Å². The van der Waals surface area contributed by atoms with Crippen LogP contribution >= 0.6 is 0 Å². The molecule has 4 nitrogen and oxygen atoms in total.